The lowest BCUT2D eigenvalue weighted by Crippen LogP contribution is -2.35. The molecular formula is C36H50O3. The van der Waals surface area contributed by atoms with Gasteiger partial charge in [0.25, 0.3) is 0 Å². The fraction of sp³-hybridized carbons (Fsp3) is 0.611. The van der Waals surface area contributed by atoms with Gasteiger partial charge < -0.3 is 15.3 Å². The number of aliphatic hydroxyl groups is 3. The average Bonchev–Trinajstić information content (AvgIpc) is 3.64. The minimum absolute atomic E-state index is 0.105. The van der Waals surface area contributed by atoms with E-state index >= 15 is 0 Å². The van der Waals surface area contributed by atoms with Crippen molar-refractivity contribution in [3.8, 4) is 0 Å². The van der Waals surface area contributed by atoms with E-state index in [1.165, 1.54) is 42.4 Å². The molecule has 3 heteroatoms. The van der Waals surface area contributed by atoms with Gasteiger partial charge in [0.15, 0.2) is 0 Å². The Morgan fingerprint density at radius 1 is 0.974 bits per heavy atom. The largest absolute Gasteiger partial charge is 0.393 e. The Morgan fingerprint density at radius 3 is 2.36 bits per heavy atom. The topological polar surface area (TPSA) is 60.7 Å². The van der Waals surface area contributed by atoms with Crippen LogP contribution < -0.4 is 0 Å². The normalized spacial score (nSPS) is 36.1. The molecule has 5 rings (SSSR count). The van der Waals surface area contributed by atoms with Crippen LogP contribution in [0.1, 0.15) is 103 Å². The summed E-state index contributed by atoms with van der Waals surface area (Å²) >= 11 is 0. The van der Waals surface area contributed by atoms with Crippen LogP contribution in [-0.4, -0.2) is 33.6 Å². The SMILES string of the molecule is C=C1C(=CC=C2CCC[C@]3(C)[C@@H]([C@H](C)C=C[C@H](O)C4(c5ccc(C(C)C)cc5)CC4)CC[C@@H]23)C[C@@H](O)C[C@@H]1O. The Bertz CT molecular complexity index is 1130. The van der Waals surface area contributed by atoms with Crippen molar-refractivity contribution >= 4 is 0 Å². The second-order valence-corrected chi connectivity index (χ2v) is 13.8. The van der Waals surface area contributed by atoms with E-state index in [0.717, 1.165) is 30.4 Å². The zero-order valence-electron chi connectivity index (χ0n) is 24.6. The second-order valence-electron chi connectivity index (χ2n) is 13.8. The van der Waals surface area contributed by atoms with Gasteiger partial charge >= 0.3 is 0 Å². The summed E-state index contributed by atoms with van der Waals surface area (Å²) in [5, 5.41) is 31.7. The molecule has 4 aliphatic rings. The third-order valence-electron chi connectivity index (χ3n) is 11.0. The van der Waals surface area contributed by atoms with E-state index in [9.17, 15) is 15.3 Å². The van der Waals surface area contributed by atoms with E-state index in [-0.39, 0.29) is 10.8 Å². The zero-order chi connectivity index (χ0) is 27.9. The highest BCUT2D eigenvalue weighted by molar-refractivity contribution is 5.39. The number of hydrogen-bond acceptors (Lipinski definition) is 3. The fourth-order valence-corrected chi connectivity index (χ4v) is 8.30. The lowest BCUT2D eigenvalue weighted by molar-refractivity contribution is 0.0862. The summed E-state index contributed by atoms with van der Waals surface area (Å²) in [6.45, 7) is 13.4. The van der Waals surface area contributed by atoms with E-state index in [1.54, 1.807) is 0 Å². The summed E-state index contributed by atoms with van der Waals surface area (Å²) in [4.78, 5) is 0. The van der Waals surface area contributed by atoms with Crippen LogP contribution in [0, 0.1) is 23.2 Å². The van der Waals surface area contributed by atoms with Gasteiger partial charge in [0.2, 0.25) is 0 Å². The Kier molecular flexibility index (Phi) is 8.17. The lowest BCUT2D eigenvalue weighted by atomic mass is 9.61. The van der Waals surface area contributed by atoms with Gasteiger partial charge in [0.05, 0.1) is 18.3 Å². The van der Waals surface area contributed by atoms with Gasteiger partial charge in [-0.05, 0) is 103 Å². The highest BCUT2D eigenvalue weighted by Crippen LogP contribution is 2.60. The van der Waals surface area contributed by atoms with Crippen LogP contribution in [0.25, 0.3) is 0 Å². The quantitative estimate of drug-likeness (QED) is 0.319. The molecule has 0 bridgehead atoms. The van der Waals surface area contributed by atoms with Gasteiger partial charge in [-0.15, -0.1) is 0 Å². The van der Waals surface area contributed by atoms with Crippen molar-refractivity contribution in [2.45, 2.75) is 115 Å². The number of allylic oxidation sites excluding steroid dienone is 4. The van der Waals surface area contributed by atoms with Gasteiger partial charge in [0, 0.05) is 11.8 Å². The predicted octanol–water partition coefficient (Wildman–Crippen LogP) is 7.54. The van der Waals surface area contributed by atoms with Gasteiger partial charge in [-0.1, -0.05) is 88.4 Å². The molecule has 39 heavy (non-hydrogen) atoms. The van der Waals surface area contributed by atoms with E-state index < -0.39 is 18.3 Å². The number of fused-ring (bicyclic) bond motifs is 1. The van der Waals surface area contributed by atoms with Crippen molar-refractivity contribution in [1.29, 1.82) is 0 Å². The molecule has 0 radical (unpaired) electrons. The fourth-order valence-electron chi connectivity index (χ4n) is 8.30. The molecule has 0 unspecified atom stereocenters. The maximum absolute atomic E-state index is 11.3. The maximum atomic E-state index is 11.3. The summed E-state index contributed by atoms with van der Waals surface area (Å²) < 4.78 is 0. The van der Waals surface area contributed by atoms with Crippen LogP contribution in [0.4, 0.5) is 0 Å². The van der Waals surface area contributed by atoms with Crippen LogP contribution in [0.15, 0.2) is 71.9 Å². The summed E-state index contributed by atoms with van der Waals surface area (Å²) in [6.07, 6.45) is 16.4. The van der Waals surface area contributed by atoms with Gasteiger partial charge in [-0.3, -0.25) is 0 Å². The molecule has 3 N–H and O–H groups in total. The molecule has 212 valence electrons. The first-order valence-electron chi connectivity index (χ1n) is 15.5. The molecular weight excluding hydrogens is 480 g/mol. The molecule has 1 aromatic carbocycles. The first kappa shape index (κ1) is 28.6. The molecule has 4 fully saturated rings. The van der Waals surface area contributed by atoms with Crippen LogP contribution >= 0.6 is 0 Å². The summed E-state index contributed by atoms with van der Waals surface area (Å²) in [5.74, 6) is 2.14. The standard InChI is InChI=1S/C36H50O3/c1-23(2)26-11-13-29(14-12-26)36(19-20-36)34(39)17-8-24(3)31-15-16-32-27(7-6-18-35(31,32)5)9-10-28-21-30(37)22-33(38)25(28)4/h8-14,17,23-24,30-34,37-39H,4,6-7,15-16,18-22H2,1-3,5H3/t24-,30-,31-,32+,33+,34+,35-/m1/s1. The highest BCUT2D eigenvalue weighted by Gasteiger charge is 2.51. The molecule has 0 aliphatic heterocycles. The van der Waals surface area contributed by atoms with Crippen LogP contribution in [0.3, 0.4) is 0 Å². The first-order valence-corrected chi connectivity index (χ1v) is 15.5. The summed E-state index contributed by atoms with van der Waals surface area (Å²) in [6, 6.07) is 8.94. The molecule has 0 spiro atoms. The summed E-state index contributed by atoms with van der Waals surface area (Å²) in [7, 11) is 0. The Morgan fingerprint density at radius 2 is 1.69 bits per heavy atom. The molecule has 4 saturated carbocycles. The number of hydrogen-bond donors (Lipinski definition) is 3. The van der Waals surface area contributed by atoms with Crippen molar-refractivity contribution in [2.24, 2.45) is 23.2 Å². The molecule has 0 saturated heterocycles. The maximum Gasteiger partial charge on any atom is 0.0817 e. The minimum atomic E-state index is -0.636. The molecule has 0 aromatic heterocycles. The molecule has 0 amide bonds. The van der Waals surface area contributed by atoms with Crippen molar-refractivity contribution in [3.05, 3.63) is 83.0 Å². The van der Waals surface area contributed by atoms with Crippen LogP contribution in [-0.2, 0) is 5.41 Å². The Labute approximate surface area is 236 Å². The number of aliphatic hydroxyl groups excluding tert-OH is 3. The van der Waals surface area contributed by atoms with E-state index in [0.29, 0.717) is 36.5 Å². The molecule has 7 atom stereocenters. The smallest absolute Gasteiger partial charge is 0.0817 e. The third-order valence-corrected chi connectivity index (χ3v) is 11.0. The molecule has 3 nitrogen and oxygen atoms in total. The first-order chi connectivity index (χ1) is 18.5. The zero-order valence-corrected chi connectivity index (χ0v) is 24.6. The van der Waals surface area contributed by atoms with Crippen molar-refractivity contribution < 1.29 is 15.3 Å². The predicted molar refractivity (Wildman–Crippen MR) is 160 cm³/mol. The van der Waals surface area contributed by atoms with Gasteiger partial charge in [-0.25, -0.2) is 0 Å². The van der Waals surface area contributed by atoms with E-state index in [4.69, 9.17) is 0 Å². The van der Waals surface area contributed by atoms with Crippen LogP contribution in [0.5, 0.6) is 0 Å². The molecule has 0 heterocycles. The Balaban J connectivity index is 1.27. The number of rotatable bonds is 7. The second kappa shape index (κ2) is 11.1. The monoisotopic (exact) mass is 530 g/mol. The molecule has 4 aliphatic carbocycles. The summed E-state index contributed by atoms with van der Waals surface area (Å²) in [5.41, 5.74) is 6.08. The van der Waals surface area contributed by atoms with Crippen LogP contribution in [0.2, 0.25) is 0 Å². The van der Waals surface area contributed by atoms with Gasteiger partial charge in [-0.2, -0.15) is 0 Å². The van der Waals surface area contributed by atoms with Crippen molar-refractivity contribution in [3.63, 3.8) is 0 Å². The van der Waals surface area contributed by atoms with Gasteiger partial charge in [0.1, 0.15) is 0 Å². The van der Waals surface area contributed by atoms with Crippen molar-refractivity contribution in [1.82, 2.24) is 0 Å². The third kappa shape index (κ3) is 5.52. The lowest BCUT2D eigenvalue weighted by Gasteiger charge is -2.44. The molecule has 1 aromatic rings. The van der Waals surface area contributed by atoms with Crippen molar-refractivity contribution in [2.75, 3.05) is 0 Å². The minimum Gasteiger partial charge on any atom is -0.393 e. The average molecular weight is 531 g/mol. The Hall–Kier alpha value is -1.94. The van der Waals surface area contributed by atoms with E-state index in [2.05, 4.69) is 82.8 Å². The number of benzene rings is 1. The van der Waals surface area contributed by atoms with E-state index in [1.807, 2.05) is 0 Å². The highest BCUT2D eigenvalue weighted by atomic mass is 16.3.